The average Bonchev–Trinajstić information content (AvgIpc) is 2.43. The fourth-order valence-electron chi connectivity index (χ4n) is 1.47. The second-order valence-electron chi connectivity index (χ2n) is 4.09. The van der Waals surface area contributed by atoms with Gasteiger partial charge in [0, 0.05) is 19.6 Å². The quantitative estimate of drug-likeness (QED) is 0.542. The van der Waals surface area contributed by atoms with Gasteiger partial charge >= 0.3 is 0 Å². The van der Waals surface area contributed by atoms with Gasteiger partial charge in [-0.05, 0) is 18.6 Å². The minimum Gasteiger partial charge on any atom is -0.351 e. The summed E-state index contributed by atoms with van der Waals surface area (Å²) in [6, 6.07) is 6.39. The van der Waals surface area contributed by atoms with Crippen LogP contribution in [0.25, 0.3) is 0 Å². The van der Waals surface area contributed by atoms with Gasteiger partial charge in [0.25, 0.3) is 16.1 Å². The Kier molecular flexibility index (Phi) is 6.43. The number of hydrogen-bond donors (Lipinski definition) is 4. The van der Waals surface area contributed by atoms with Crippen molar-refractivity contribution in [1.82, 2.24) is 10.0 Å². The zero-order valence-electron chi connectivity index (χ0n) is 11.3. The Hall–Kier alpha value is -1.64. The van der Waals surface area contributed by atoms with E-state index < -0.39 is 10.2 Å². The molecule has 7 nitrogen and oxygen atoms in total. The van der Waals surface area contributed by atoms with Crippen LogP contribution in [0.5, 0.6) is 0 Å². The van der Waals surface area contributed by atoms with Gasteiger partial charge in [0.05, 0.1) is 11.3 Å². The molecule has 0 saturated heterocycles. The molecular weight excluding hydrogens is 280 g/mol. The van der Waals surface area contributed by atoms with E-state index in [0.717, 1.165) is 0 Å². The summed E-state index contributed by atoms with van der Waals surface area (Å²) in [5.74, 6) is -0.371. The van der Waals surface area contributed by atoms with Crippen LogP contribution in [0.15, 0.2) is 24.3 Å². The average molecular weight is 300 g/mol. The molecule has 0 bridgehead atoms. The molecule has 1 aromatic carbocycles. The van der Waals surface area contributed by atoms with Gasteiger partial charge in [-0.2, -0.15) is 13.1 Å². The molecule has 0 atom stereocenters. The topological polar surface area (TPSA) is 113 Å². The van der Waals surface area contributed by atoms with Gasteiger partial charge in [-0.15, -0.1) is 0 Å². The van der Waals surface area contributed by atoms with Crippen molar-refractivity contribution < 1.29 is 13.2 Å². The predicted octanol–water partition coefficient (Wildman–Crippen LogP) is 0.0314. The molecule has 0 unspecified atom stereocenters. The van der Waals surface area contributed by atoms with Crippen LogP contribution in [0.1, 0.15) is 23.7 Å². The first kappa shape index (κ1) is 16.4. The molecule has 0 aromatic heterocycles. The molecule has 20 heavy (non-hydrogen) atoms. The molecular formula is C12H20N4O3S. The number of carbonyl (C=O) groups excluding carboxylic acids is 1. The Bertz CT molecular complexity index is 545. The van der Waals surface area contributed by atoms with Gasteiger partial charge < -0.3 is 11.1 Å². The molecule has 0 heterocycles. The van der Waals surface area contributed by atoms with Crippen LogP contribution in [0.4, 0.5) is 5.69 Å². The Morgan fingerprint density at radius 1 is 1.25 bits per heavy atom. The van der Waals surface area contributed by atoms with Crippen molar-refractivity contribution in [2.45, 2.75) is 13.3 Å². The first-order valence-electron chi connectivity index (χ1n) is 6.35. The van der Waals surface area contributed by atoms with E-state index in [4.69, 9.17) is 5.73 Å². The van der Waals surface area contributed by atoms with Crippen LogP contribution in [0.3, 0.4) is 0 Å². The zero-order valence-corrected chi connectivity index (χ0v) is 12.2. The lowest BCUT2D eigenvalue weighted by molar-refractivity contribution is 0.0955. The van der Waals surface area contributed by atoms with E-state index in [0.29, 0.717) is 26.1 Å². The first-order chi connectivity index (χ1) is 9.50. The summed E-state index contributed by atoms with van der Waals surface area (Å²) < 4.78 is 28.3. The SMILES string of the molecule is CCCNS(=O)(=O)Nc1ccccc1C(=O)NCCN. The molecule has 0 aliphatic carbocycles. The fraction of sp³-hybridized carbons (Fsp3) is 0.417. The van der Waals surface area contributed by atoms with E-state index in [9.17, 15) is 13.2 Å². The van der Waals surface area contributed by atoms with Crippen molar-refractivity contribution in [3.05, 3.63) is 29.8 Å². The molecule has 1 amide bonds. The van der Waals surface area contributed by atoms with Crippen molar-refractivity contribution in [3.8, 4) is 0 Å². The lowest BCUT2D eigenvalue weighted by Crippen LogP contribution is -2.33. The highest BCUT2D eigenvalue weighted by Crippen LogP contribution is 2.15. The van der Waals surface area contributed by atoms with Gasteiger partial charge in [0.1, 0.15) is 0 Å². The van der Waals surface area contributed by atoms with Gasteiger partial charge in [-0.3, -0.25) is 9.52 Å². The molecule has 0 aliphatic rings. The van der Waals surface area contributed by atoms with Gasteiger partial charge in [-0.25, -0.2) is 0 Å². The first-order valence-corrected chi connectivity index (χ1v) is 7.83. The van der Waals surface area contributed by atoms with Crippen molar-refractivity contribution >= 4 is 21.8 Å². The Labute approximate surface area is 119 Å². The summed E-state index contributed by atoms with van der Waals surface area (Å²) in [7, 11) is -3.68. The molecule has 0 radical (unpaired) electrons. The number of carbonyl (C=O) groups is 1. The maximum atomic E-state index is 11.9. The van der Waals surface area contributed by atoms with E-state index in [1.54, 1.807) is 18.2 Å². The summed E-state index contributed by atoms with van der Waals surface area (Å²) in [6.45, 7) is 2.83. The highest BCUT2D eigenvalue weighted by molar-refractivity contribution is 7.90. The van der Waals surface area contributed by atoms with Crippen LogP contribution in [-0.2, 0) is 10.2 Å². The summed E-state index contributed by atoms with van der Waals surface area (Å²) in [5, 5.41) is 2.60. The molecule has 5 N–H and O–H groups in total. The van der Waals surface area contributed by atoms with Crippen LogP contribution < -0.4 is 20.5 Å². The Balaban J connectivity index is 2.88. The molecule has 112 valence electrons. The van der Waals surface area contributed by atoms with Crippen LogP contribution >= 0.6 is 0 Å². The number of rotatable bonds is 8. The summed E-state index contributed by atoms with van der Waals surface area (Å²) in [6.07, 6.45) is 0.680. The summed E-state index contributed by atoms with van der Waals surface area (Å²) in [5.41, 5.74) is 5.79. The fourth-order valence-corrected chi connectivity index (χ4v) is 2.48. The zero-order chi connectivity index (χ0) is 15.0. The minimum atomic E-state index is -3.68. The number of anilines is 1. The van der Waals surface area contributed by atoms with E-state index in [-0.39, 0.29) is 17.2 Å². The summed E-state index contributed by atoms with van der Waals surface area (Å²) >= 11 is 0. The highest BCUT2D eigenvalue weighted by Gasteiger charge is 2.15. The largest absolute Gasteiger partial charge is 0.351 e. The molecule has 8 heteroatoms. The molecule has 1 aromatic rings. The number of hydrogen-bond acceptors (Lipinski definition) is 4. The van der Waals surface area contributed by atoms with E-state index in [2.05, 4.69) is 14.8 Å². The monoisotopic (exact) mass is 300 g/mol. The van der Waals surface area contributed by atoms with Crippen LogP contribution in [-0.4, -0.2) is 34.0 Å². The van der Waals surface area contributed by atoms with Crippen molar-refractivity contribution in [3.63, 3.8) is 0 Å². The third kappa shape index (κ3) is 5.16. The number of nitrogens with one attached hydrogen (secondary N) is 3. The standard InChI is InChI=1S/C12H20N4O3S/c1-2-8-15-20(18,19)16-11-6-4-3-5-10(11)12(17)14-9-7-13/h3-6,15-16H,2,7-9,13H2,1H3,(H,14,17). The van der Waals surface area contributed by atoms with Crippen LogP contribution in [0, 0.1) is 0 Å². The number of nitrogens with two attached hydrogens (primary N) is 1. The van der Waals surface area contributed by atoms with Crippen molar-refractivity contribution in [1.29, 1.82) is 0 Å². The highest BCUT2D eigenvalue weighted by atomic mass is 32.2. The van der Waals surface area contributed by atoms with Gasteiger partial charge in [-0.1, -0.05) is 19.1 Å². The Morgan fingerprint density at radius 3 is 2.60 bits per heavy atom. The second-order valence-corrected chi connectivity index (χ2v) is 5.59. The van der Waals surface area contributed by atoms with E-state index in [1.165, 1.54) is 6.07 Å². The lowest BCUT2D eigenvalue weighted by Gasteiger charge is -2.12. The van der Waals surface area contributed by atoms with Gasteiger partial charge in [0.2, 0.25) is 0 Å². The minimum absolute atomic E-state index is 0.227. The molecule has 1 rings (SSSR count). The Morgan fingerprint density at radius 2 is 1.95 bits per heavy atom. The number of amides is 1. The number of benzene rings is 1. The third-order valence-corrected chi connectivity index (χ3v) is 3.46. The molecule has 0 aliphatic heterocycles. The molecule has 0 fully saturated rings. The normalized spacial score (nSPS) is 11.1. The third-order valence-electron chi connectivity index (χ3n) is 2.39. The van der Waals surface area contributed by atoms with Gasteiger partial charge in [0.15, 0.2) is 0 Å². The van der Waals surface area contributed by atoms with Crippen LogP contribution in [0.2, 0.25) is 0 Å². The second kappa shape index (κ2) is 7.83. The van der Waals surface area contributed by atoms with E-state index >= 15 is 0 Å². The van der Waals surface area contributed by atoms with E-state index in [1.807, 2.05) is 6.92 Å². The predicted molar refractivity (Wildman–Crippen MR) is 78.7 cm³/mol. The molecule has 0 saturated carbocycles. The maximum Gasteiger partial charge on any atom is 0.299 e. The smallest absolute Gasteiger partial charge is 0.299 e. The summed E-state index contributed by atoms with van der Waals surface area (Å²) in [4.78, 5) is 11.9. The maximum absolute atomic E-state index is 11.9. The van der Waals surface area contributed by atoms with Crippen molar-refractivity contribution in [2.24, 2.45) is 5.73 Å². The van der Waals surface area contributed by atoms with Crippen molar-refractivity contribution in [2.75, 3.05) is 24.4 Å². The number of para-hydroxylation sites is 1. The lowest BCUT2D eigenvalue weighted by atomic mass is 10.1. The molecule has 0 spiro atoms.